The summed E-state index contributed by atoms with van der Waals surface area (Å²) in [7, 11) is 3.69. The molecule has 0 aromatic rings. The molecule has 0 saturated carbocycles. The lowest BCUT2D eigenvalue weighted by molar-refractivity contribution is 0.532. The summed E-state index contributed by atoms with van der Waals surface area (Å²) in [5, 5.41) is 8.34. The maximum Gasteiger partial charge on any atom is 0.117 e. The molecule has 44 valence electrons. The first-order valence-electron chi connectivity index (χ1n) is 2.46. The quantitative estimate of drug-likeness (QED) is 0.470. The maximum absolute atomic E-state index is 8.34. The Balaban J connectivity index is 3.98. The number of nitrogens with zero attached hydrogens (tertiary/aromatic N) is 2. The third-order valence-corrected chi connectivity index (χ3v) is 0.870. The van der Waals surface area contributed by atoms with E-state index in [0.717, 1.165) is 0 Å². The van der Waals surface area contributed by atoms with Crippen LogP contribution in [0.15, 0.2) is 11.8 Å². The lowest BCUT2D eigenvalue weighted by Gasteiger charge is -2.07. The van der Waals surface area contributed by atoms with Crippen LogP contribution in [0.2, 0.25) is 0 Å². The van der Waals surface area contributed by atoms with E-state index in [2.05, 4.69) is 0 Å². The van der Waals surface area contributed by atoms with Crippen molar-refractivity contribution in [2.75, 3.05) is 14.1 Å². The Morgan fingerprint density at radius 2 is 2.12 bits per heavy atom. The van der Waals surface area contributed by atoms with Crippen LogP contribution in [0, 0.1) is 11.3 Å². The lowest BCUT2D eigenvalue weighted by atomic mass is 10.4. The molecule has 0 heterocycles. The van der Waals surface area contributed by atoms with Crippen LogP contribution >= 0.6 is 0 Å². The molecule has 0 aromatic heterocycles. The van der Waals surface area contributed by atoms with Crippen LogP contribution < -0.4 is 0 Å². The molecule has 0 N–H and O–H groups in total. The van der Waals surface area contributed by atoms with Gasteiger partial charge in [0.1, 0.15) is 11.8 Å². The highest BCUT2D eigenvalue weighted by molar-refractivity contribution is 5.16. The summed E-state index contributed by atoms with van der Waals surface area (Å²) in [6.07, 6.45) is 1.78. The van der Waals surface area contributed by atoms with Crippen molar-refractivity contribution in [3.8, 4) is 6.07 Å². The molecule has 0 aliphatic carbocycles. The second kappa shape index (κ2) is 3.09. The van der Waals surface area contributed by atoms with Crippen LogP contribution in [0.1, 0.15) is 6.92 Å². The standard InChI is InChI=1S/C6H10N2/c1-4-6(5-7)8(2)3/h4H,1-3H3/b6-4-. The fourth-order valence-electron chi connectivity index (χ4n) is 0.423. The summed E-state index contributed by atoms with van der Waals surface area (Å²) in [5.41, 5.74) is 0.699. The van der Waals surface area contributed by atoms with Gasteiger partial charge in [0.15, 0.2) is 0 Å². The van der Waals surface area contributed by atoms with Gasteiger partial charge in [-0.25, -0.2) is 0 Å². The first kappa shape index (κ1) is 7.03. The number of hydrogen-bond donors (Lipinski definition) is 0. The van der Waals surface area contributed by atoms with Gasteiger partial charge in [-0.3, -0.25) is 0 Å². The predicted octanol–water partition coefficient (Wildman–Crippen LogP) is 0.975. The Bertz CT molecular complexity index is 128. The molecule has 2 nitrogen and oxygen atoms in total. The third kappa shape index (κ3) is 1.65. The van der Waals surface area contributed by atoms with Gasteiger partial charge in [0, 0.05) is 14.1 Å². The highest BCUT2D eigenvalue weighted by Gasteiger charge is 1.90. The van der Waals surface area contributed by atoms with Gasteiger partial charge in [-0.05, 0) is 6.92 Å². The summed E-state index contributed by atoms with van der Waals surface area (Å²) in [6.45, 7) is 1.85. The fourth-order valence-corrected chi connectivity index (χ4v) is 0.423. The van der Waals surface area contributed by atoms with Crippen molar-refractivity contribution >= 4 is 0 Å². The van der Waals surface area contributed by atoms with E-state index in [9.17, 15) is 0 Å². The molecular weight excluding hydrogens is 100 g/mol. The van der Waals surface area contributed by atoms with Gasteiger partial charge in [-0.1, -0.05) is 6.08 Å². The van der Waals surface area contributed by atoms with Crippen LogP contribution in [-0.4, -0.2) is 19.0 Å². The Morgan fingerprint density at radius 1 is 1.62 bits per heavy atom. The average Bonchev–Trinajstić information content (AvgIpc) is 1.69. The molecule has 0 aliphatic rings. The highest BCUT2D eigenvalue weighted by Crippen LogP contribution is 1.92. The number of hydrogen-bond acceptors (Lipinski definition) is 2. The van der Waals surface area contributed by atoms with E-state index >= 15 is 0 Å². The highest BCUT2D eigenvalue weighted by atomic mass is 15.1. The summed E-state index contributed by atoms with van der Waals surface area (Å²) >= 11 is 0. The van der Waals surface area contributed by atoms with Crippen LogP contribution in [0.5, 0.6) is 0 Å². The lowest BCUT2D eigenvalue weighted by Crippen LogP contribution is -2.08. The van der Waals surface area contributed by atoms with Gasteiger partial charge < -0.3 is 4.90 Å². The second-order valence-corrected chi connectivity index (χ2v) is 1.68. The molecule has 0 saturated heterocycles. The normalized spacial score (nSPS) is 10.5. The van der Waals surface area contributed by atoms with Gasteiger partial charge in [0.25, 0.3) is 0 Å². The molecule has 0 spiro atoms. The Labute approximate surface area is 50.0 Å². The number of allylic oxidation sites excluding steroid dienone is 2. The molecule has 0 fully saturated rings. The Morgan fingerprint density at radius 3 is 2.12 bits per heavy atom. The summed E-state index contributed by atoms with van der Waals surface area (Å²) in [5.74, 6) is 0. The molecule has 0 amide bonds. The first-order chi connectivity index (χ1) is 3.72. The minimum atomic E-state index is 0.699. The smallest absolute Gasteiger partial charge is 0.117 e. The van der Waals surface area contributed by atoms with Crippen molar-refractivity contribution in [2.24, 2.45) is 0 Å². The minimum absolute atomic E-state index is 0.699. The van der Waals surface area contributed by atoms with Gasteiger partial charge in [-0.2, -0.15) is 5.26 Å². The molecule has 2 heteroatoms. The van der Waals surface area contributed by atoms with E-state index in [1.165, 1.54) is 0 Å². The van der Waals surface area contributed by atoms with Crippen LogP contribution in [0.4, 0.5) is 0 Å². The molecular formula is C6H10N2. The molecule has 0 rings (SSSR count). The van der Waals surface area contributed by atoms with E-state index in [-0.39, 0.29) is 0 Å². The zero-order valence-corrected chi connectivity index (χ0v) is 5.47. The summed E-state index contributed by atoms with van der Waals surface area (Å²) < 4.78 is 0. The molecule has 0 atom stereocenters. The minimum Gasteiger partial charge on any atom is -0.369 e. The fraction of sp³-hybridized carbons (Fsp3) is 0.500. The largest absolute Gasteiger partial charge is 0.369 e. The van der Waals surface area contributed by atoms with E-state index in [1.807, 2.05) is 27.1 Å². The predicted molar refractivity (Wildman–Crippen MR) is 33.1 cm³/mol. The van der Waals surface area contributed by atoms with Gasteiger partial charge >= 0.3 is 0 Å². The van der Waals surface area contributed by atoms with Gasteiger partial charge in [0.2, 0.25) is 0 Å². The molecule has 0 aliphatic heterocycles. The monoisotopic (exact) mass is 110 g/mol. The molecule has 8 heavy (non-hydrogen) atoms. The van der Waals surface area contributed by atoms with Crippen molar-refractivity contribution in [3.05, 3.63) is 11.8 Å². The molecule has 0 bridgehead atoms. The van der Waals surface area contributed by atoms with Crippen molar-refractivity contribution in [3.63, 3.8) is 0 Å². The van der Waals surface area contributed by atoms with E-state index < -0.39 is 0 Å². The van der Waals surface area contributed by atoms with Gasteiger partial charge in [-0.15, -0.1) is 0 Å². The zero-order valence-electron chi connectivity index (χ0n) is 5.47. The Hall–Kier alpha value is -0.970. The van der Waals surface area contributed by atoms with Crippen molar-refractivity contribution in [2.45, 2.75) is 6.92 Å². The van der Waals surface area contributed by atoms with Gasteiger partial charge in [0.05, 0.1) is 0 Å². The van der Waals surface area contributed by atoms with E-state index in [0.29, 0.717) is 5.70 Å². The first-order valence-corrected chi connectivity index (χ1v) is 2.46. The molecule has 0 radical (unpaired) electrons. The topological polar surface area (TPSA) is 27.0 Å². The maximum atomic E-state index is 8.34. The number of rotatable bonds is 1. The SMILES string of the molecule is C/C=C(/C#N)N(C)C. The van der Waals surface area contributed by atoms with E-state index in [4.69, 9.17) is 5.26 Å². The summed E-state index contributed by atoms with van der Waals surface area (Å²) in [4.78, 5) is 1.78. The zero-order chi connectivity index (χ0) is 6.57. The number of nitriles is 1. The van der Waals surface area contributed by atoms with Crippen LogP contribution in [0.25, 0.3) is 0 Å². The van der Waals surface area contributed by atoms with E-state index in [1.54, 1.807) is 11.0 Å². The third-order valence-electron chi connectivity index (χ3n) is 0.870. The average molecular weight is 110 g/mol. The summed E-state index contributed by atoms with van der Waals surface area (Å²) in [6, 6.07) is 2.04. The van der Waals surface area contributed by atoms with Crippen molar-refractivity contribution < 1.29 is 0 Å². The Kier molecular flexibility index (Phi) is 2.71. The molecule has 0 aromatic carbocycles. The van der Waals surface area contributed by atoms with Crippen molar-refractivity contribution in [1.82, 2.24) is 4.90 Å². The van der Waals surface area contributed by atoms with Crippen molar-refractivity contribution in [1.29, 1.82) is 5.26 Å². The van der Waals surface area contributed by atoms with Crippen LogP contribution in [-0.2, 0) is 0 Å². The second-order valence-electron chi connectivity index (χ2n) is 1.68. The molecule has 0 unspecified atom stereocenters. The van der Waals surface area contributed by atoms with Crippen LogP contribution in [0.3, 0.4) is 0 Å².